The van der Waals surface area contributed by atoms with E-state index < -0.39 is 10.1 Å². The van der Waals surface area contributed by atoms with E-state index in [0.29, 0.717) is 21.7 Å². The lowest BCUT2D eigenvalue weighted by molar-refractivity contribution is 0.485. The summed E-state index contributed by atoms with van der Waals surface area (Å²) in [5.41, 5.74) is 2.60. The minimum Gasteiger partial charge on any atom is -0.436 e. The van der Waals surface area contributed by atoms with E-state index in [1.54, 1.807) is 30.3 Å². The van der Waals surface area contributed by atoms with Crippen LogP contribution in [0.2, 0.25) is 5.02 Å². The van der Waals surface area contributed by atoms with Gasteiger partial charge in [0.25, 0.3) is 0 Å². The van der Waals surface area contributed by atoms with Crippen molar-refractivity contribution in [2.75, 3.05) is 0 Å². The lowest BCUT2D eigenvalue weighted by Gasteiger charge is -2.10. The molecule has 0 aliphatic carbocycles. The number of nitrogens with zero attached hydrogens (tertiary/aromatic N) is 1. The van der Waals surface area contributed by atoms with E-state index in [1.165, 1.54) is 18.2 Å². The van der Waals surface area contributed by atoms with Gasteiger partial charge in [-0.25, -0.2) is 4.98 Å². The van der Waals surface area contributed by atoms with Crippen LogP contribution in [0.4, 0.5) is 0 Å². The van der Waals surface area contributed by atoms with Crippen LogP contribution in [0.25, 0.3) is 22.6 Å². The third-order valence-corrected chi connectivity index (χ3v) is 5.46. The Labute approximate surface area is 161 Å². The maximum absolute atomic E-state index is 12.7. The second-order valence-electron chi connectivity index (χ2n) is 5.98. The van der Waals surface area contributed by atoms with Crippen molar-refractivity contribution in [3.8, 4) is 17.2 Å². The van der Waals surface area contributed by atoms with Crippen LogP contribution in [0.1, 0.15) is 5.56 Å². The molecule has 0 aliphatic rings. The van der Waals surface area contributed by atoms with Gasteiger partial charge in [-0.3, -0.25) is 0 Å². The van der Waals surface area contributed by atoms with Crippen molar-refractivity contribution in [2.45, 2.75) is 11.8 Å². The molecule has 1 heterocycles. The second kappa shape index (κ2) is 6.72. The summed E-state index contributed by atoms with van der Waals surface area (Å²) in [4.78, 5) is 4.46. The highest BCUT2D eigenvalue weighted by molar-refractivity contribution is 7.87. The van der Waals surface area contributed by atoms with Gasteiger partial charge in [-0.15, -0.1) is 0 Å². The lowest BCUT2D eigenvalue weighted by atomic mass is 10.2. The summed E-state index contributed by atoms with van der Waals surface area (Å²) >= 11 is 6.05. The van der Waals surface area contributed by atoms with Crippen LogP contribution in [0.15, 0.2) is 76.0 Å². The van der Waals surface area contributed by atoms with Crippen LogP contribution in [-0.2, 0) is 10.1 Å². The summed E-state index contributed by atoms with van der Waals surface area (Å²) < 4.78 is 36.4. The Bertz CT molecular complexity index is 1200. The Morgan fingerprint density at radius 3 is 2.48 bits per heavy atom. The first-order chi connectivity index (χ1) is 12.9. The number of oxazole rings is 1. The minimum absolute atomic E-state index is 0.0506. The molecular weight excluding hydrogens is 386 g/mol. The zero-order valence-corrected chi connectivity index (χ0v) is 15.8. The molecule has 3 aromatic carbocycles. The number of aromatic nitrogens is 1. The van der Waals surface area contributed by atoms with Crippen molar-refractivity contribution in [3.63, 3.8) is 0 Å². The van der Waals surface area contributed by atoms with Crippen LogP contribution < -0.4 is 4.18 Å². The quantitative estimate of drug-likeness (QED) is 0.440. The molecule has 136 valence electrons. The molecule has 4 rings (SSSR count). The summed E-state index contributed by atoms with van der Waals surface area (Å²) in [5.74, 6) is 0.302. The Kier molecular flexibility index (Phi) is 4.37. The topological polar surface area (TPSA) is 69.4 Å². The molecule has 0 fully saturated rings. The highest BCUT2D eigenvalue weighted by Crippen LogP contribution is 2.35. The predicted octanol–water partition coefficient (Wildman–Crippen LogP) is 5.22. The maximum Gasteiger partial charge on any atom is 0.339 e. The highest BCUT2D eigenvalue weighted by atomic mass is 35.5. The molecule has 0 atom stereocenters. The van der Waals surface area contributed by atoms with Gasteiger partial charge < -0.3 is 8.60 Å². The lowest BCUT2D eigenvalue weighted by Crippen LogP contribution is -2.10. The molecule has 4 aromatic rings. The summed E-state index contributed by atoms with van der Waals surface area (Å²) in [6, 6.07) is 18.3. The van der Waals surface area contributed by atoms with Gasteiger partial charge in [-0.05, 0) is 43.3 Å². The Morgan fingerprint density at radius 1 is 1.00 bits per heavy atom. The molecule has 0 amide bonds. The first kappa shape index (κ1) is 17.6. The van der Waals surface area contributed by atoms with Gasteiger partial charge in [0.05, 0.1) is 5.56 Å². The first-order valence-electron chi connectivity index (χ1n) is 8.09. The standard InChI is InChI=1S/C20H14ClNO4S/c1-13-6-9-15(10-7-13)27(23,24)26-19-12-14(21)8-11-16(19)20-22-17-4-2-3-5-18(17)25-20/h2-12H,1H3. The highest BCUT2D eigenvalue weighted by Gasteiger charge is 2.21. The number of hydrogen-bond acceptors (Lipinski definition) is 5. The van der Waals surface area contributed by atoms with Crippen LogP contribution in [0.3, 0.4) is 0 Å². The van der Waals surface area contributed by atoms with Crippen molar-refractivity contribution in [1.29, 1.82) is 0 Å². The molecule has 5 nitrogen and oxygen atoms in total. The van der Waals surface area contributed by atoms with Crippen LogP contribution >= 0.6 is 11.6 Å². The fourth-order valence-electron chi connectivity index (χ4n) is 2.60. The van der Waals surface area contributed by atoms with Crippen LogP contribution in [0, 0.1) is 6.92 Å². The van der Waals surface area contributed by atoms with E-state index in [-0.39, 0.29) is 16.5 Å². The SMILES string of the molecule is Cc1ccc(S(=O)(=O)Oc2cc(Cl)ccc2-c2nc3ccccc3o2)cc1. The molecule has 0 saturated carbocycles. The Hall–Kier alpha value is -2.83. The van der Waals surface area contributed by atoms with Crippen molar-refractivity contribution < 1.29 is 17.0 Å². The number of benzene rings is 3. The number of aryl methyl sites for hydroxylation is 1. The van der Waals surface area contributed by atoms with Crippen molar-refractivity contribution in [2.24, 2.45) is 0 Å². The van der Waals surface area contributed by atoms with Crippen molar-refractivity contribution in [1.82, 2.24) is 4.98 Å². The van der Waals surface area contributed by atoms with Gasteiger partial charge in [0.15, 0.2) is 11.3 Å². The third kappa shape index (κ3) is 3.54. The van der Waals surface area contributed by atoms with E-state index in [4.69, 9.17) is 20.2 Å². The normalized spacial score (nSPS) is 11.6. The number of halogens is 1. The largest absolute Gasteiger partial charge is 0.436 e. The number of fused-ring (bicyclic) bond motifs is 1. The molecule has 7 heteroatoms. The van der Waals surface area contributed by atoms with E-state index in [9.17, 15) is 8.42 Å². The van der Waals surface area contributed by atoms with E-state index in [1.807, 2.05) is 25.1 Å². The zero-order chi connectivity index (χ0) is 19.0. The smallest absolute Gasteiger partial charge is 0.339 e. The molecule has 0 N–H and O–H groups in total. The first-order valence-corrected chi connectivity index (χ1v) is 9.88. The predicted molar refractivity (Wildman–Crippen MR) is 103 cm³/mol. The molecular formula is C20H14ClNO4S. The average Bonchev–Trinajstić information content (AvgIpc) is 3.05. The number of para-hydroxylation sites is 2. The van der Waals surface area contributed by atoms with Crippen LogP contribution in [-0.4, -0.2) is 13.4 Å². The van der Waals surface area contributed by atoms with Gasteiger partial charge in [0.2, 0.25) is 5.89 Å². The summed E-state index contributed by atoms with van der Waals surface area (Å²) in [6.45, 7) is 1.87. The Balaban J connectivity index is 1.78. The van der Waals surface area contributed by atoms with E-state index >= 15 is 0 Å². The molecule has 0 aliphatic heterocycles. The minimum atomic E-state index is -4.04. The van der Waals surface area contributed by atoms with Crippen LogP contribution in [0.5, 0.6) is 5.75 Å². The van der Waals surface area contributed by atoms with Gasteiger partial charge in [-0.2, -0.15) is 8.42 Å². The van der Waals surface area contributed by atoms with Gasteiger partial charge >= 0.3 is 10.1 Å². The van der Waals surface area contributed by atoms with E-state index in [2.05, 4.69) is 4.98 Å². The third-order valence-electron chi connectivity index (χ3n) is 3.98. The molecule has 0 saturated heterocycles. The molecule has 1 aromatic heterocycles. The number of hydrogen-bond donors (Lipinski definition) is 0. The fraction of sp³-hybridized carbons (Fsp3) is 0.0500. The summed E-state index contributed by atoms with van der Waals surface area (Å²) in [7, 11) is -4.04. The molecule has 0 bridgehead atoms. The summed E-state index contributed by atoms with van der Waals surface area (Å²) in [5, 5.41) is 0.337. The summed E-state index contributed by atoms with van der Waals surface area (Å²) in [6.07, 6.45) is 0. The molecule has 0 unspecified atom stereocenters. The number of rotatable bonds is 4. The van der Waals surface area contributed by atoms with Gasteiger partial charge in [0, 0.05) is 11.1 Å². The van der Waals surface area contributed by atoms with Crippen molar-refractivity contribution >= 4 is 32.8 Å². The zero-order valence-electron chi connectivity index (χ0n) is 14.2. The molecule has 0 spiro atoms. The molecule has 0 radical (unpaired) electrons. The van der Waals surface area contributed by atoms with E-state index in [0.717, 1.165) is 5.56 Å². The van der Waals surface area contributed by atoms with Gasteiger partial charge in [-0.1, -0.05) is 41.4 Å². The molecule has 27 heavy (non-hydrogen) atoms. The monoisotopic (exact) mass is 399 g/mol. The van der Waals surface area contributed by atoms with Crippen molar-refractivity contribution in [3.05, 3.63) is 77.3 Å². The second-order valence-corrected chi connectivity index (χ2v) is 7.96. The fourth-order valence-corrected chi connectivity index (χ4v) is 3.70. The van der Waals surface area contributed by atoms with Gasteiger partial charge in [0.1, 0.15) is 10.4 Å². The Morgan fingerprint density at radius 2 is 1.74 bits per heavy atom. The maximum atomic E-state index is 12.7. The average molecular weight is 400 g/mol.